The molecule has 0 saturated heterocycles. The van der Waals surface area contributed by atoms with Gasteiger partial charge in [-0.15, -0.1) is 0 Å². The third kappa shape index (κ3) is 7.95. The molecule has 212 valence electrons. The Morgan fingerprint density at radius 3 is 1.55 bits per heavy atom. The molecule has 2 saturated carbocycles. The number of hydrogen-bond donors (Lipinski definition) is 3. The summed E-state index contributed by atoms with van der Waals surface area (Å²) in [5, 5.41) is 22.1. The van der Waals surface area contributed by atoms with E-state index in [2.05, 4.69) is 0 Å². The van der Waals surface area contributed by atoms with E-state index in [9.17, 15) is 10.2 Å². The van der Waals surface area contributed by atoms with Gasteiger partial charge in [-0.2, -0.15) is 0 Å². The number of rotatable bonds is 9. The Balaban J connectivity index is 0.000000284. The number of ether oxygens (including phenoxy) is 2. The van der Waals surface area contributed by atoms with E-state index in [1.807, 2.05) is 0 Å². The van der Waals surface area contributed by atoms with Gasteiger partial charge in [0.2, 0.25) is 0 Å². The summed E-state index contributed by atoms with van der Waals surface area (Å²) < 4.78 is 98.3. The monoisotopic (exact) mass is 538 g/mol. The normalized spacial score (nSPS) is 26.1. The van der Waals surface area contributed by atoms with Crippen LogP contribution in [0.1, 0.15) is 104 Å². The van der Waals surface area contributed by atoms with Gasteiger partial charge in [0.05, 0.1) is 33.5 Å². The third-order valence-corrected chi connectivity index (χ3v) is 8.14. The second-order valence-corrected chi connectivity index (χ2v) is 10.6. The molecule has 0 radical (unpaired) electrons. The van der Waals surface area contributed by atoms with Crippen LogP contribution in [0.2, 0.25) is 0 Å². The number of nitrogens with two attached hydrogens (primary N) is 1. The maximum Gasteiger partial charge on any atom is 0.118 e. The summed E-state index contributed by atoms with van der Waals surface area (Å²) in [6.45, 7) is -5.74. The maximum absolute atomic E-state index is 11.3. The quantitative estimate of drug-likeness (QED) is 0.392. The highest BCUT2D eigenvalue weighted by Gasteiger charge is 2.39. The molecule has 2 fully saturated rings. The van der Waals surface area contributed by atoms with Crippen LogP contribution in [-0.4, -0.2) is 67.4 Å². The minimum Gasteiger partial charge on any atom is -0.497 e. The summed E-state index contributed by atoms with van der Waals surface area (Å²) in [6, 6.07) is 12.8. The summed E-state index contributed by atoms with van der Waals surface area (Å²) in [5.74, 6) is -0.498. The lowest BCUT2D eigenvalue weighted by atomic mass is 9.72. The number of benzene rings is 2. The van der Waals surface area contributed by atoms with E-state index in [1.54, 1.807) is 36.4 Å². The van der Waals surface area contributed by atoms with Crippen molar-refractivity contribution in [3.8, 4) is 11.5 Å². The predicted octanol–water partition coefficient (Wildman–Crippen LogP) is 5.47. The predicted molar refractivity (Wildman–Crippen MR) is 155 cm³/mol. The highest BCUT2D eigenvalue weighted by molar-refractivity contribution is 5.32. The fraction of sp³-hybridized carbons (Fsp3) is 0.625. The first-order chi connectivity index (χ1) is 23.0. The molecule has 0 aliphatic heterocycles. The number of nitrogens with zero attached hydrogens (tertiary/aromatic N) is 1. The van der Waals surface area contributed by atoms with Crippen LogP contribution in [0.3, 0.4) is 0 Å². The standard InChI is InChI=1S/C17H27NO2.C15H23NO2/c1-18(2)13-16(17(19)11-5-4-6-12-17)14-7-9-15(20-3)10-8-14;1-18-13-7-5-12(6-8-13)14(11-16)15(17)9-3-2-4-10-15/h7-10,16,19H,4-6,11-13H2,1-3H3;5-8,14,17H,2-4,9-11,16H2,1H3/i1D3,2D3,3D3;1D3. The summed E-state index contributed by atoms with van der Waals surface area (Å²) >= 11 is 0. The lowest BCUT2D eigenvalue weighted by molar-refractivity contribution is -0.0277. The van der Waals surface area contributed by atoms with Gasteiger partial charge in [0.1, 0.15) is 11.5 Å². The van der Waals surface area contributed by atoms with Crippen molar-refractivity contribution >= 4 is 0 Å². The average molecular weight is 539 g/mol. The van der Waals surface area contributed by atoms with Crippen molar-refractivity contribution in [2.45, 2.75) is 87.2 Å². The zero-order chi connectivity index (χ0) is 37.6. The topological polar surface area (TPSA) is 88.2 Å². The van der Waals surface area contributed by atoms with Crippen molar-refractivity contribution in [2.24, 2.45) is 5.73 Å². The van der Waals surface area contributed by atoms with E-state index in [0.29, 0.717) is 35.6 Å². The molecular formula is C32H50N2O4. The van der Waals surface area contributed by atoms with Crippen LogP contribution in [0, 0.1) is 0 Å². The Hall–Kier alpha value is -2.12. The average Bonchev–Trinajstić information content (AvgIpc) is 2.97. The van der Waals surface area contributed by atoms with Crippen LogP contribution in [0.25, 0.3) is 0 Å². The van der Waals surface area contributed by atoms with Crippen LogP contribution in [-0.2, 0) is 0 Å². The molecule has 2 aliphatic carbocycles. The highest BCUT2D eigenvalue weighted by atomic mass is 16.5. The fourth-order valence-electron chi connectivity index (χ4n) is 6.00. The molecule has 0 heterocycles. The molecule has 2 aliphatic rings. The smallest absolute Gasteiger partial charge is 0.118 e. The molecule has 2 aromatic rings. The van der Waals surface area contributed by atoms with Gasteiger partial charge in [0.25, 0.3) is 0 Å². The second-order valence-electron chi connectivity index (χ2n) is 10.6. The van der Waals surface area contributed by atoms with E-state index in [0.717, 1.165) is 56.9 Å². The summed E-state index contributed by atoms with van der Waals surface area (Å²) in [6.07, 6.45) is 8.06. The van der Waals surface area contributed by atoms with Crippen molar-refractivity contribution in [3.05, 3.63) is 59.7 Å². The van der Waals surface area contributed by atoms with Crippen molar-refractivity contribution in [1.29, 1.82) is 0 Å². The molecule has 0 spiro atoms. The molecule has 2 atom stereocenters. The molecule has 0 amide bonds. The first-order valence-corrected chi connectivity index (χ1v) is 13.5. The first-order valence-electron chi connectivity index (χ1n) is 19.5. The zero-order valence-electron chi connectivity index (χ0n) is 34.0. The van der Waals surface area contributed by atoms with Gasteiger partial charge in [-0.25, -0.2) is 0 Å². The Labute approximate surface area is 247 Å². The summed E-state index contributed by atoms with van der Waals surface area (Å²) in [5.41, 5.74) is 5.34. The van der Waals surface area contributed by atoms with Crippen LogP contribution in [0.5, 0.6) is 11.5 Å². The zero-order valence-corrected chi connectivity index (χ0v) is 22.0. The van der Waals surface area contributed by atoms with Crippen molar-refractivity contribution in [1.82, 2.24) is 4.90 Å². The molecule has 6 heteroatoms. The second kappa shape index (κ2) is 14.3. The Morgan fingerprint density at radius 1 is 0.737 bits per heavy atom. The molecule has 0 bridgehead atoms. The molecule has 38 heavy (non-hydrogen) atoms. The van der Waals surface area contributed by atoms with E-state index < -0.39 is 45.1 Å². The van der Waals surface area contributed by atoms with E-state index in [-0.39, 0.29) is 18.2 Å². The van der Waals surface area contributed by atoms with Crippen molar-refractivity contribution in [3.63, 3.8) is 0 Å². The molecule has 4 rings (SSSR count). The molecular weight excluding hydrogens is 476 g/mol. The molecule has 0 aromatic heterocycles. The van der Waals surface area contributed by atoms with Crippen molar-refractivity contribution < 1.29 is 36.1 Å². The Kier molecular flexibility index (Phi) is 6.61. The highest BCUT2D eigenvalue weighted by Crippen LogP contribution is 2.41. The van der Waals surface area contributed by atoms with Gasteiger partial charge in [-0.3, -0.25) is 0 Å². The lowest BCUT2D eigenvalue weighted by Gasteiger charge is -2.40. The summed E-state index contributed by atoms with van der Waals surface area (Å²) in [7, 11) is -5.06. The number of aliphatic hydroxyl groups is 2. The largest absolute Gasteiger partial charge is 0.497 e. The number of likely N-dealkylation sites (N-methyl/N-ethyl adjacent to an activating group) is 1. The SMILES string of the molecule is [2H]C([2H])([2H])Oc1ccc(C(CN(C([2H])([2H])[2H])C([2H])([2H])[2H])C2(O)CCCCC2)cc1.[2H]C([2H])([2H])Oc1ccc(C(CN)C2(O)CCCCC2)cc1. The molecule has 6 nitrogen and oxygen atoms in total. The minimum atomic E-state index is -2.86. The Morgan fingerprint density at radius 2 is 1.16 bits per heavy atom. The van der Waals surface area contributed by atoms with Gasteiger partial charge in [0, 0.05) is 33.1 Å². The molecule has 2 unspecified atom stereocenters. The van der Waals surface area contributed by atoms with Crippen LogP contribution in [0.4, 0.5) is 0 Å². The maximum atomic E-state index is 11.3. The van der Waals surface area contributed by atoms with Gasteiger partial charge in [-0.1, -0.05) is 62.8 Å². The first kappa shape index (κ1) is 17.5. The fourth-order valence-corrected chi connectivity index (χ4v) is 6.00. The minimum absolute atomic E-state index is 0.103. The Bertz CT molecular complexity index is 1300. The third-order valence-electron chi connectivity index (χ3n) is 8.14. The number of hydrogen-bond acceptors (Lipinski definition) is 6. The molecule has 4 N–H and O–H groups in total. The lowest BCUT2D eigenvalue weighted by Crippen LogP contribution is -2.42. The van der Waals surface area contributed by atoms with Gasteiger partial charge in [0.15, 0.2) is 0 Å². The number of methoxy groups -OCH3 is 2. The summed E-state index contributed by atoms with van der Waals surface area (Å²) in [4.78, 5) is 0.462. The van der Waals surface area contributed by atoms with Crippen LogP contribution < -0.4 is 15.2 Å². The van der Waals surface area contributed by atoms with E-state index in [1.165, 1.54) is 12.1 Å². The van der Waals surface area contributed by atoms with Gasteiger partial charge >= 0.3 is 0 Å². The van der Waals surface area contributed by atoms with Crippen molar-refractivity contribution in [2.75, 3.05) is 41.1 Å². The molecule has 2 aromatic carbocycles. The van der Waals surface area contributed by atoms with Crippen LogP contribution in [0.15, 0.2) is 48.5 Å². The van der Waals surface area contributed by atoms with E-state index in [4.69, 9.17) is 31.7 Å². The van der Waals surface area contributed by atoms with Gasteiger partial charge in [-0.05, 0) is 75.0 Å². The van der Waals surface area contributed by atoms with E-state index >= 15 is 0 Å². The van der Waals surface area contributed by atoms with Gasteiger partial charge < -0.3 is 30.3 Å². The van der Waals surface area contributed by atoms with Crippen LogP contribution >= 0.6 is 0 Å².